The van der Waals surface area contributed by atoms with Crippen molar-refractivity contribution >= 4 is 23.5 Å². The maximum absolute atomic E-state index is 13.8. The van der Waals surface area contributed by atoms with Crippen molar-refractivity contribution in [2.45, 2.75) is 96.6 Å². The molecule has 2 atom stereocenters. The summed E-state index contributed by atoms with van der Waals surface area (Å²) < 4.78 is 5.56. The van der Waals surface area contributed by atoms with Crippen molar-refractivity contribution in [3.05, 3.63) is 35.4 Å². The number of nitrogens with one attached hydrogen (secondary N) is 1. The number of Topliss-reactive ketones (excluding diaryl/α,β-unsaturated/α-hetero) is 1. The molecule has 3 N–H and O–H groups in total. The first kappa shape index (κ1) is 26.9. The van der Waals surface area contributed by atoms with E-state index in [-0.39, 0.29) is 35.8 Å². The van der Waals surface area contributed by atoms with E-state index in [1.165, 1.54) is 6.42 Å². The normalized spacial score (nSPS) is 19.9. The van der Waals surface area contributed by atoms with Crippen molar-refractivity contribution in [3.63, 3.8) is 0 Å². The predicted molar refractivity (Wildman–Crippen MR) is 136 cm³/mol. The number of aryl methyl sites for hydroxylation is 1. The van der Waals surface area contributed by atoms with Gasteiger partial charge in [0.1, 0.15) is 11.4 Å². The van der Waals surface area contributed by atoms with Crippen LogP contribution in [0.1, 0.15) is 89.7 Å². The number of esters is 1. The van der Waals surface area contributed by atoms with Gasteiger partial charge in [-0.1, -0.05) is 43.5 Å². The molecule has 2 fully saturated rings. The van der Waals surface area contributed by atoms with Crippen LogP contribution in [-0.2, 0) is 25.5 Å². The topological polar surface area (TPSA) is 114 Å². The van der Waals surface area contributed by atoms with Gasteiger partial charge in [-0.3, -0.25) is 19.8 Å². The standard InChI is InChI=1S/C28H41N3O4/c1-28(2,3)35-25(33)18-22(20-8-5-4-6-9-20)27(34)31-17-7-10-23(31)24(32)16-13-19-11-14-21(15-12-19)26(29)30/h11-12,14-15,20,22-23H,4-10,13,16-18H2,1-3H3,(H3,29,30)/t22-,23+/m1/s1. The van der Waals surface area contributed by atoms with Crippen LogP contribution in [0.25, 0.3) is 0 Å². The number of benzene rings is 1. The molecule has 1 aliphatic carbocycles. The van der Waals surface area contributed by atoms with E-state index in [2.05, 4.69) is 0 Å². The van der Waals surface area contributed by atoms with Gasteiger partial charge in [0.05, 0.1) is 18.4 Å². The van der Waals surface area contributed by atoms with Crippen molar-refractivity contribution in [2.24, 2.45) is 17.6 Å². The highest BCUT2D eigenvalue weighted by molar-refractivity contribution is 5.95. The summed E-state index contributed by atoms with van der Waals surface area (Å²) in [7, 11) is 0. The molecule has 1 aromatic rings. The predicted octanol–water partition coefficient (Wildman–Crippen LogP) is 4.39. The van der Waals surface area contributed by atoms with Gasteiger partial charge in [0.15, 0.2) is 5.78 Å². The van der Waals surface area contributed by atoms with Crippen LogP contribution < -0.4 is 5.73 Å². The lowest BCUT2D eigenvalue weighted by Gasteiger charge is -2.34. The highest BCUT2D eigenvalue weighted by Gasteiger charge is 2.41. The molecule has 1 heterocycles. The van der Waals surface area contributed by atoms with Gasteiger partial charge in [-0.05, 0) is 64.4 Å². The zero-order valence-corrected chi connectivity index (χ0v) is 21.5. The second-order valence-corrected chi connectivity index (χ2v) is 11.1. The summed E-state index contributed by atoms with van der Waals surface area (Å²) in [5, 5.41) is 7.50. The third kappa shape index (κ3) is 7.64. The van der Waals surface area contributed by atoms with E-state index in [0.717, 1.165) is 37.7 Å². The summed E-state index contributed by atoms with van der Waals surface area (Å²) in [5.41, 5.74) is 6.58. The summed E-state index contributed by atoms with van der Waals surface area (Å²) in [6.07, 6.45) is 7.72. The minimum Gasteiger partial charge on any atom is -0.460 e. The van der Waals surface area contributed by atoms with Gasteiger partial charge in [0.25, 0.3) is 0 Å². The Hall–Kier alpha value is -2.70. The largest absolute Gasteiger partial charge is 0.460 e. The zero-order chi connectivity index (χ0) is 25.6. The van der Waals surface area contributed by atoms with E-state index in [9.17, 15) is 14.4 Å². The fourth-order valence-electron chi connectivity index (χ4n) is 5.42. The van der Waals surface area contributed by atoms with E-state index in [0.29, 0.717) is 31.4 Å². The number of carbonyl (C=O) groups is 3. The first-order valence-electron chi connectivity index (χ1n) is 13.0. The number of nitrogen functional groups attached to an aromatic ring is 1. The lowest BCUT2D eigenvalue weighted by molar-refractivity contribution is -0.160. The molecule has 0 unspecified atom stereocenters. The maximum Gasteiger partial charge on any atom is 0.307 e. The maximum atomic E-state index is 13.8. The van der Waals surface area contributed by atoms with Crippen LogP contribution in [0.4, 0.5) is 0 Å². The Morgan fingerprint density at radius 2 is 1.71 bits per heavy atom. The molecule has 1 aliphatic heterocycles. The zero-order valence-electron chi connectivity index (χ0n) is 21.5. The molecule has 1 aromatic carbocycles. The number of nitrogens with zero attached hydrogens (tertiary/aromatic N) is 1. The Morgan fingerprint density at radius 1 is 1.06 bits per heavy atom. The number of hydrogen-bond acceptors (Lipinski definition) is 5. The smallest absolute Gasteiger partial charge is 0.307 e. The Balaban J connectivity index is 1.67. The molecule has 0 bridgehead atoms. The molecule has 0 radical (unpaired) electrons. The molecule has 35 heavy (non-hydrogen) atoms. The fraction of sp³-hybridized carbons (Fsp3) is 0.643. The number of hydrogen-bond donors (Lipinski definition) is 2. The number of ether oxygens (including phenoxy) is 1. The number of rotatable bonds is 9. The van der Waals surface area contributed by atoms with E-state index < -0.39 is 17.6 Å². The van der Waals surface area contributed by atoms with Gasteiger partial charge in [-0.25, -0.2) is 0 Å². The average molecular weight is 484 g/mol. The number of carbonyl (C=O) groups excluding carboxylic acids is 3. The van der Waals surface area contributed by atoms with Crippen molar-refractivity contribution < 1.29 is 19.1 Å². The summed E-state index contributed by atoms with van der Waals surface area (Å²) >= 11 is 0. The SMILES string of the molecule is CC(C)(C)OC(=O)C[C@@H](C(=O)N1CCC[C@H]1C(=O)CCc1ccc(C(=N)N)cc1)C1CCCCC1. The minimum atomic E-state index is -0.591. The summed E-state index contributed by atoms with van der Waals surface area (Å²) in [5.74, 6) is -0.544. The Labute approximate surface area is 209 Å². The molecule has 0 spiro atoms. The average Bonchev–Trinajstić information content (AvgIpc) is 3.30. The summed E-state index contributed by atoms with van der Waals surface area (Å²) in [6.45, 7) is 6.08. The molecule has 1 saturated heterocycles. The third-order valence-electron chi connectivity index (χ3n) is 7.18. The van der Waals surface area contributed by atoms with E-state index in [1.807, 2.05) is 32.9 Å². The molecule has 1 saturated carbocycles. The molecule has 2 aliphatic rings. The van der Waals surface area contributed by atoms with Crippen molar-refractivity contribution in [2.75, 3.05) is 6.54 Å². The van der Waals surface area contributed by atoms with Gasteiger partial charge in [0, 0.05) is 18.5 Å². The Morgan fingerprint density at radius 3 is 2.31 bits per heavy atom. The fourth-order valence-corrected chi connectivity index (χ4v) is 5.42. The van der Waals surface area contributed by atoms with Gasteiger partial charge in [0.2, 0.25) is 5.91 Å². The van der Waals surface area contributed by atoms with Crippen molar-refractivity contribution in [3.8, 4) is 0 Å². The molecule has 3 rings (SSSR count). The quantitative estimate of drug-likeness (QED) is 0.307. The summed E-state index contributed by atoms with van der Waals surface area (Å²) in [4.78, 5) is 41.4. The van der Waals surface area contributed by atoms with Crippen molar-refractivity contribution in [1.29, 1.82) is 5.41 Å². The lowest BCUT2D eigenvalue weighted by atomic mass is 9.77. The van der Waals surface area contributed by atoms with Gasteiger partial charge < -0.3 is 15.4 Å². The monoisotopic (exact) mass is 483 g/mol. The molecular formula is C28H41N3O4. The second kappa shape index (κ2) is 11.8. The highest BCUT2D eigenvalue weighted by atomic mass is 16.6. The molecule has 7 heteroatoms. The number of likely N-dealkylation sites (tertiary alicyclic amines) is 1. The minimum absolute atomic E-state index is 0.0200. The molecule has 192 valence electrons. The molecule has 0 aromatic heterocycles. The van der Waals surface area contributed by atoms with E-state index >= 15 is 0 Å². The lowest BCUT2D eigenvalue weighted by Crippen LogP contribution is -2.46. The van der Waals surface area contributed by atoms with Crippen molar-refractivity contribution in [1.82, 2.24) is 4.90 Å². The van der Waals surface area contributed by atoms with Gasteiger partial charge in [-0.2, -0.15) is 0 Å². The third-order valence-corrected chi connectivity index (χ3v) is 7.18. The first-order valence-corrected chi connectivity index (χ1v) is 13.0. The van der Waals surface area contributed by atoms with Crippen LogP contribution in [0, 0.1) is 17.2 Å². The van der Waals surface area contributed by atoms with E-state index in [1.54, 1.807) is 17.0 Å². The number of amidine groups is 1. The molecule has 7 nitrogen and oxygen atoms in total. The first-order chi connectivity index (χ1) is 16.5. The number of nitrogens with two attached hydrogens (primary N) is 1. The number of ketones is 1. The van der Waals surface area contributed by atoms with Crippen LogP contribution in [0.15, 0.2) is 24.3 Å². The Kier molecular flexibility index (Phi) is 9.09. The molecular weight excluding hydrogens is 442 g/mol. The van der Waals surface area contributed by atoms with E-state index in [4.69, 9.17) is 15.9 Å². The van der Waals surface area contributed by atoms with Crippen LogP contribution >= 0.6 is 0 Å². The van der Waals surface area contributed by atoms with Crippen LogP contribution in [0.3, 0.4) is 0 Å². The number of amides is 1. The van der Waals surface area contributed by atoms with Gasteiger partial charge >= 0.3 is 5.97 Å². The second-order valence-electron chi connectivity index (χ2n) is 11.1. The Bertz CT molecular complexity index is 913. The van der Waals surface area contributed by atoms with Crippen LogP contribution in [-0.4, -0.2) is 46.6 Å². The molecule has 1 amide bonds. The van der Waals surface area contributed by atoms with Gasteiger partial charge in [-0.15, -0.1) is 0 Å². The van der Waals surface area contributed by atoms with Crippen LogP contribution in [0.2, 0.25) is 0 Å². The summed E-state index contributed by atoms with van der Waals surface area (Å²) in [6, 6.07) is 6.95. The van der Waals surface area contributed by atoms with Crippen LogP contribution in [0.5, 0.6) is 0 Å². The highest BCUT2D eigenvalue weighted by Crippen LogP contribution is 2.35.